The first-order valence-electron chi connectivity index (χ1n) is 12.8. The standard InChI is InChI=1S/C29H29F3N2O5S/c1-20(35)25-11-9-22-6-2-3-7-26(22)27(25)12-13-28(36)33-15-4-5-16-34-17-14-21-8-10-24(18-23(21)19-34)39-40(37,38)29(30,31)32/h2-3,6-13,18H,4-5,14-17,19H2,1H3,(H,33,36)/b13-12+. The largest absolute Gasteiger partial charge is 0.534 e. The number of hydrogen-bond donors (Lipinski definition) is 1. The zero-order valence-electron chi connectivity index (χ0n) is 21.8. The van der Waals surface area contributed by atoms with E-state index in [1.807, 2.05) is 30.3 Å². The molecule has 0 saturated carbocycles. The van der Waals surface area contributed by atoms with Gasteiger partial charge in [-0.15, -0.1) is 0 Å². The van der Waals surface area contributed by atoms with Gasteiger partial charge in [-0.2, -0.15) is 21.6 Å². The van der Waals surface area contributed by atoms with Crippen molar-refractivity contribution in [3.63, 3.8) is 0 Å². The number of carbonyl (C=O) groups is 2. The SMILES string of the molecule is CC(=O)c1ccc2ccccc2c1/C=C/C(=O)NCCCCN1CCc2ccc(OS(=O)(=O)C(F)(F)F)cc2C1. The van der Waals surface area contributed by atoms with Gasteiger partial charge in [-0.3, -0.25) is 14.5 Å². The molecule has 3 aromatic rings. The van der Waals surface area contributed by atoms with Gasteiger partial charge < -0.3 is 9.50 Å². The molecule has 0 radical (unpaired) electrons. The topological polar surface area (TPSA) is 92.8 Å². The van der Waals surface area contributed by atoms with Crippen LogP contribution in [0.3, 0.4) is 0 Å². The van der Waals surface area contributed by atoms with Crippen LogP contribution in [-0.4, -0.2) is 50.2 Å². The predicted octanol–water partition coefficient (Wildman–Crippen LogP) is 5.24. The Balaban J connectivity index is 1.26. The molecule has 1 heterocycles. The monoisotopic (exact) mass is 574 g/mol. The number of nitrogens with zero attached hydrogens (tertiary/aromatic N) is 1. The minimum Gasteiger partial charge on any atom is -0.376 e. The molecule has 0 saturated heterocycles. The molecule has 7 nitrogen and oxygen atoms in total. The van der Waals surface area contributed by atoms with E-state index >= 15 is 0 Å². The molecule has 0 unspecified atom stereocenters. The van der Waals surface area contributed by atoms with Crippen molar-refractivity contribution in [2.75, 3.05) is 19.6 Å². The van der Waals surface area contributed by atoms with Crippen LogP contribution in [0.25, 0.3) is 16.8 Å². The molecule has 40 heavy (non-hydrogen) atoms. The van der Waals surface area contributed by atoms with Gasteiger partial charge in [0, 0.05) is 31.3 Å². The number of alkyl halides is 3. The normalized spacial score (nSPS) is 14.3. The number of nitrogens with one attached hydrogen (secondary N) is 1. The maximum absolute atomic E-state index is 12.6. The van der Waals surface area contributed by atoms with Gasteiger partial charge in [0.15, 0.2) is 5.78 Å². The molecule has 4 rings (SSSR count). The van der Waals surface area contributed by atoms with Gasteiger partial charge in [-0.1, -0.05) is 42.5 Å². The first-order chi connectivity index (χ1) is 18.9. The van der Waals surface area contributed by atoms with Crippen molar-refractivity contribution in [1.82, 2.24) is 10.2 Å². The number of ketones is 1. The number of Topliss-reactive ketones (excluding diaryl/α,β-unsaturated/α-hetero) is 1. The fourth-order valence-electron chi connectivity index (χ4n) is 4.68. The molecule has 1 aliphatic rings. The van der Waals surface area contributed by atoms with Crippen LogP contribution in [0.15, 0.2) is 60.7 Å². The van der Waals surface area contributed by atoms with Gasteiger partial charge in [0.25, 0.3) is 0 Å². The summed E-state index contributed by atoms with van der Waals surface area (Å²) in [6, 6.07) is 15.5. The summed E-state index contributed by atoms with van der Waals surface area (Å²) < 4.78 is 64.8. The van der Waals surface area contributed by atoms with Gasteiger partial charge >= 0.3 is 15.6 Å². The van der Waals surface area contributed by atoms with Crippen molar-refractivity contribution in [2.45, 2.75) is 38.2 Å². The highest BCUT2D eigenvalue weighted by atomic mass is 32.2. The van der Waals surface area contributed by atoms with E-state index in [0.29, 0.717) is 43.6 Å². The number of carbonyl (C=O) groups excluding carboxylic acids is 2. The van der Waals surface area contributed by atoms with Gasteiger partial charge in [-0.25, -0.2) is 0 Å². The van der Waals surface area contributed by atoms with Crippen LogP contribution >= 0.6 is 0 Å². The van der Waals surface area contributed by atoms with E-state index in [2.05, 4.69) is 14.4 Å². The summed E-state index contributed by atoms with van der Waals surface area (Å²) in [5.41, 5.74) is -2.58. The molecule has 0 bridgehead atoms. The van der Waals surface area contributed by atoms with Crippen molar-refractivity contribution in [3.8, 4) is 5.75 Å². The lowest BCUT2D eigenvalue weighted by molar-refractivity contribution is -0.116. The van der Waals surface area contributed by atoms with Crippen LogP contribution in [0.4, 0.5) is 13.2 Å². The summed E-state index contributed by atoms with van der Waals surface area (Å²) >= 11 is 0. The lowest BCUT2D eigenvalue weighted by Gasteiger charge is -2.29. The lowest BCUT2D eigenvalue weighted by atomic mass is 9.96. The van der Waals surface area contributed by atoms with Crippen LogP contribution in [-0.2, 0) is 27.9 Å². The molecule has 0 spiro atoms. The molecule has 0 atom stereocenters. The quantitative estimate of drug-likeness (QED) is 0.117. The summed E-state index contributed by atoms with van der Waals surface area (Å²) in [4.78, 5) is 26.6. The Labute approximate surface area is 230 Å². The minimum absolute atomic E-state index is 0.0822. The highest BCUT2D eigenvalue weighted by Gasteiger charge is 2.48. The second kappa shape index (κ2) is 12.2. The van der Waals surface area contributed by atoms with E-state index in [4.69, 9.17) is 0 Å². The second-order valence-electron chi connectivity index (χ2n) is 9.58. The molecule has 0 aliphatic carbocycles. The number of hydrogen-bond acceptors (Lipinski definition) is 6. The van der Waals surface area contributed by atoms with E-state index in [1.54, 1.807) is 18.2 Å². The molecular formula is C29H29F3N2O5S. The van der Waals surface area contributed by atoms with Crippen molar-refractivity contribution in [3.05, 3.63) is 82.9 Å². The van der Waals surface area contributed by atoms with Crippen LogP contribution in [0.2, 0.25) is 0 Å². The summed E-state index contributed by atoms with van der Waals surface area (Å²) in [6.07, 6.45) is 5.25. The maximum atomic E-state index is 12.6. The zero-order chi connectivity index (χ0) is 28.9. The average molecular weight is 575 g/mol. The lowest BCUT2D eigenvalue weighted by Crippen LogP contribution is -2.32. The fourth-order valence-corrected chi connectivity index (χ4v) is 5.13. The Morgan fingerprint density at radius 1 is 1.05 bits per heavy atom. The van der Waals surface area contributed by atoms with Crippen LogP contribution in [0.1, 0.15) is 46.8 Å². The first-order valence-corrected chi connectivity index (χ1v) is 14.2. The van der Waals surface area contributed by atoms with Gasteiger partial charge in [-0.05, 0) is 78.4 Å². The minimum atomic E-state index is -5.72. The number of benzene rings is 3. The number of amides is 1. The van der Waals surface area contributed by atoms with E-state index in [-0.39, 0.29) is 17.4 Å². The summed E-state index contributed by atoms with van der Waals surface area (Å²) in [5, 5.41) is 4.72. The number of fused-ring (bicyclic) bond motifs is 2. The second-order valence-corrected chi connectivity index (χ2v) is 11.1. The Kier molecular flexibility index (Phi) is 8.95. The predicted molar refractivity (Wildman–Crippen MR) is 146 cm³/mol. The Morgan fingerprint density at radius 2 is 1.82 bits per heavy atom. The van der Waals surface area contributed by atoms with Crippen LogP contribution < -0.4 is 9.50 Å². The zero-order valence-corrected chi connectivity index (χ0v) is 22.6. The third-order valence-electron chi connectivity index (χ3n) is 6.71. The number of rotatable bonds is 10. The van der Waals surface area contributed by atoms with Crippen LogP contribution in [0.5, 0.6) is 5.75 Å². The maximum Gasteiger partial charge on any atom is 0.534 e. The van der Waals surface area contributed by atoms with Crippen LogP contribution in [0, 0.1) is 0 Å². The summed E-state index contributed by atoms with van der Waals surface area (Å²) in [5.74, 6) is -0.718. The van der Waals surface area contributed by atoms with E-state index in [0.717, 1.165) is 34.9 Å². The third-order valence-corrected chi connectivity index (χ3v) is 7.69. The third kappa shape index (κ3) is 7.08. The molecular weight excluding hydrogens is 545 g/mol. The molecule has 0 fully saturated rings. The molecule has 1 N–H and O–H groups in total. The Hall–Kier alpha value is -3.70. The van der Waals surface area contributed by atoms with Crippen molar-refractivity contribution >= 4 is 38.7 Å². The summed E-state index contributed by atoms with van der Waals surface area (Å²) in [6.45, 7) is 3.86. The number of unbranched alkanes of at least 4 members (excludes halogenated alkanes) is 1. The van der Waals surface area contributed by atoms with Gasteiger partial charge in [0.05, 0.1) is 0 Å². The first kappa shape index (κ1) is 29.3. The highest BCUT2D eigenvalue weighted by molar-refractivity contribution is 7.88. The summed E-state index contributed by atoms with van der Waals surface area (Å²) in [7, 11) is -5.72. The highest BCUT2D eigenvalue weighted by Crippen LogP contribution is 2.30. The van der Waals surface area contributed by atoms with E-state index < -0.39 is 15.6 Å². The molecule has 212 valence electrons. The molecule has 1 aliphatic heterocycles. The molecule has 1 amide bonds. The molecule has 0 aromatic heterocycles. The fraction of sp³-hybridized carbons (Fsp3) is 0.310. The van der Waals surface area contributed by atoms with Gasteiger partial charge in [0.2, 0.25) is 5.91 Å². The van der Waals surface area contributed by atoms with Crippen molar-refractivity contribution < 1.29 is 35.4 Å². The number of halogens is 3. The van der Waals surface area contributed by atoms with Gasteiger partial charge in [0.1, 0.15) is 5.75 Å². The molecule has 11 heteroatoms. The smallest absolute Gasteiger partial charge is 0.376 e. The Morgan fingerprint density at radius 3 is 2.58 bits per heavy atom. The van der Waals surface area contributed by atoms with E-state index in [1.165, 1.54) is 25.1 Å². The Bertz CT molecular complexity index is 1550. The molecule has 3 aromatic carbocycles. The average Bonchev–Trinajstić information content (AvgIpc) is 2.90. The van der Waals surface area contributed by atoms with E-state index in [9.17, 15) is 31.2 Å². The van der Waals surface area contributed by atoms with Crippen molar-refractivity contribution in [1.29, 1.82) is 0 Å². The van der Waals surface area contributed by atoms with Crippen molar-refractivity contribution in [2.24, 2.45) is 0 Å².